The summed E-state index contributed by atoms with van der Waals surface area (Å²) in [6.07, 6.45) is 2.22. The minimum atomic E-state index is -0.265. The highest BCUT2D eigenvalue weighted by molar-refractivity contribution is 7.25. The standard InChI is InChI=1S/C18H22N4O3S/c1-18(2)7-10-11(8-25-18)15(22(3)5-6-24-4)21-17-12(10)13-14(26-17)16(23)20-9-19-13/h9H,5-8H2,1-4H3,(H,19,20,23). The molecule has 0 atom stereocenters. The summed E-state index contributed by atoms with van der Waals surface area (Å²) in [5.74, 6) is 0.892. The smallest absolute Gasteiger partial charge is 0.268 e. The number of nitrogens with zero attached hydrogens (tertiary/aromatic N) is 3. The maximum atomic E-state index is 12.2. The van der Waals surface area contributed by atoms with Crippen molar-refractivity contribution in [1.82, 2.24) is 15.0 Å². The van der Waals surface area contributed by atoms with E-state index in [-0.39, 0.29) is 11.2 Å². The molecule has 0 aliphatic carbocycles. The van der Waals surface area contributed by atoms with Gasteiger partial charge in [0, 0.05) is 38.1 Å². The van der Waals surface area contributed by atoms with Crippen LogP contribution in [0.5, 0.6) is 0 Å². The van der Waals surface area contributed by atoms with Crippen molar-refractivity contribution in [2.24, 2.45) is 0 Å². The fourth-order valence-electron chi connectivity index (χ4n) is 3.45. The van der Waals surface area contributed by atoms with Crippen LogP contribution in [-0.2, 0) is 22.5 Å². The predicted molar refractivity (Wildman–Crippen MR) is 103 cm³/mol. The van der Waals surface area contributed by atoms with Crippen LogP contribution in [0.25, 0.3) is 20.4 Å². The van der Waals surface area contributed by atoms with Crippen LogP contribution in [0.15, 0.2) is 11.1 Å². The molecule has 3 aromatic rings. The van der Waals surface area contributed by atoms with Gasteiger partial charge >= 0.3 is 0 Å². The van der Waals surface area contributed by atoms with Gasteiger partial charge in [0.05, 0.1) is 30.7 Å². The van der Waals surface area contributed by atoms with Gasteiger partial charge < -0.3 is 19.4 Å². The Morgan fingerprint density at radius 2 is 2.23 bits per heavy atom. The SMILES string of the molecule is COCCN(C)c1nc2sc3c(=O)[nH]cnc3c2c2c1COC(C)(C)C2. The van der Waals surface area contributed by atoms with E-state index in [1.54, 1.807) is 7.11 Å². The average Bonchev–Trinajstić information content (AvgIpc) is 2.98. The molecule has 138 valence electrons. The molecule has 7 nitrogen and oxygen atoms in total. The fraction of sp³-hybridized carbons (Fsp3) is 0.500. The fourth-order valence-corrected chi connectivity index (χ4v) is 4.50. The van der Waals surface area contributed by atoms with Gasteiger partial charge in [-0.15, -0.1) is 11.3 Å². The third-order valence-electron chi connectivity index (χ3n) is 4.81. The van der Waals surface area contributed by atoms with Gasteiger partial charge in [0.25, 0.3) is 5.56 Å². The summed E-state index contributed by atoms with van der Waals surface area (Å²) in [4.78, 5) is 27.2. The predicted octanol–water partition coefficient (Wildman–Crippen LogP) is 2.47. The lowest BCUT2D eigenvalue weighted by Gasteiger charge is -2.34. The van der Waals surface area contributed by atoms with Crippen LogP contribution in [-0.4, -0.2) is 47.9 Å². The number of thiophene rings is 1. The molecule has 1 aliphatic rings. The Labute approximate surface area is 155 Å². The number of likely N-dealkylation sites (N-methyl/N-ethyl adjacent to an activating group) is 1. The largest absolute Gasteiger partial charge is 0.383 e. The molecule has 0 spiro atoms. The van der Waals surface area contributed by atoms with Crippen molar-refractivity contribution in [2.45, 2.75) is 32.5 Å². The van der Waals surface area contributed by atoms with Crippen LogP contribution in [0.4, 0.5) is 5.82 Å². The van der Waals surface area contributed by atoms with E-state index < -0.39 is 0 Å². The second kappa shape index (κ2) is 6.29. The van der Waals surface area contributed by atoms with Gasteiger partial charge in [0.1, 0.15) is 15.3 Å². The molecule has 3 aromatic heterocycles. The lowest BCUT2D eigenvalue weighted by atomic mass is 9.90. The molecule has 0 aromatic carbocycles. The van der Waals surface area contributed by atoms with Crippen molar-refractivity contribution in [1.29, 1.82) is 0 Å². The number of anilines is 1. The molecule has 0 bridgehead atoms. The maximum Gasteiger partial charge on any atom is 0.268 e. The van der Waals surface area contributed by atoms with Gasteiger partial charge in [-0.1, -0.05) is 0 Å². The number of pyridine rings is 1. The van der Waals surface area contributed by atoms with E-state index in [1.807, 2.05) is 7.05 Å². The van der Waals surface area contributed by atoms with Gasteiger partial charge in [-0.25, -0.2) is 9.97 Å². The number of methoxy groups -OCH3 is 1. The monoisotopic (exact) mass is 374 g/mol. The maximum absolute atomic E-state index is 12.2. The molecule has 4 heterocycles. The summed E-state index contributed by atoms with van der Waals surface area (Å²) in [6.45, 7) is 6.02. The lowest BCUT2D eigenvalue weighted by molar-refractivity contribution is -0.0395. The highest BCUT2D eigenvalue weighted by Gasteiger charge is 2.32. The zero-order valence-electron chi connectivity index (χ0n) is 15.4. The number of fused-ring (bicyclic) bond motifs is 5. The number of rotatable bonds is 4. The summed E-state index contributed by atoms with van der Waals surface area (Å²) in [5.41, 5.74) is 2.62. The van der Waals surface area contributed by atoms with E-state index in [2.05, 4.69) is 28.7 Å². The Kier molecular flexibility index (Phi) is 4.21. The molecule has 0 fully saturated rings. The van der Waals surface area contributed by atoms with Gasteiger partial charge in [-0.3, -0.25) is 4.79 Å². The number of nitrogens with one attached hydrogen (secondary N) is 1. The van der Waals surface area contributed by atoms with Crippen molar-refractivity contribution in [3.8, 4) is 0 Å². The highest BCUT2D eigenvalue weighted by atomic mass is 32.1. The molecule has 8 heteroatoms. The molecule has 0 saturated heterocycles. The molecular formula is C18H22N4O3S. The zero-order chi connectivity index (χ0) is 18.5. The van der Waals surface area contributed by atoms with Crippen LogP contribution in [0.2, 0.25) is 0 Å². The van der Waals surface area contributed by atoms with E-state index in [1.165, 1.54) is 23.2 Å². The first-order valence-corrected chi connectivity index (χ1v) is 9.38. The molecular weight excluding hydrogens is 352 g/mol. The van der Waals surface area contributed by atoms with E-state index in [4.69, 9.17) is 14.5 Å². The second-order valence-electron chi connectivity index (χ2n) is 7.22. The van der Waals surface area contributed by atoms with Crippen LogP contribution < -0.4 is 10.5 Å². The number of hydrogen-bond donors (Lipinski definition) is 1. The van der Waals surface area contributed by atoms with E-state index in [0.717, 1.165) is 40.1 Å². The normalized spacial score (nSPS) is 16.2. The molecule has 0 radical (unpaired) electrons. The molecule has 1 N–H and O–H groups in total. The van der Waals surface area contributed by atoms with Gasteiger partial charge in [-0.05, 0) is 19.4 Å². The Balaban J connectivity index is 2.02. The zero-order valence-corrected chi connectivity index (χ0v) is 16.2. The summed E-state index contributed by atoms with van der Waals surface area (Å²) in [6, 6.07) is 0. The van der Waals surface area contributed by atoms with Gasteiger partial charge in [0.2, 0.25) is 0 Å². The second-order valence-corrected chi connectivity index (χ2v) is 8.22. The first-order chi connectivity index (χ1) is 12.4. The number of H-pyrrole nitrogens is 1. The number of hydrogen-bond acceptors (Lipinski definition) is 7. The lowest BCUT2D eigenvalue weighted by Crippen LogP contribution is -2.34. The van der Waals surface area contributed by atoms with Crippen LogP contribution in [0.3, 0.4) is 0 Å². The molecule has 1 aliphatic heterocycles. The number of aromatic amines is 1. The summed E-state index contributed by atoms with van der Waals surface area (Å²) in [5, 5.41) is 0.992. The Morgan fingerprint density at radius 1 is 1.42 bits per heavy atom. The van der Waals surface area contributed by atoms with Crippen LogP contribution in [0.1, 0.15) is 25.0 Å². The topological polar surface area (TPSA) is 80.3 Å². The highest BCUT2D eigenvalue weighted by Crippen LogP contribution is 2.41. The molecule has 0 saturated carbocycles. The minimum Gasteiger partial charge on any atom is -0.383 e. The molecule has 0 amide bonds. The summed E-state index contributed by atoms with van der Waals surface area (Å²) >= 11 is 1.40. The first-order valence-electron chi connectivity index (χ1n) is 8.57. The summed E-state index contributed by atoms with van der Waals surface area (Å²) < 4.78 is 11.9. The third kappa shape index (κ3) is 2.78. The molecule has 0 unspecified atom stereocenters. The number of ether oxygens (including phenoxy) is 2. The van der Waals surface area contributed by atoms with E-state index in [0.29, 0.717) is 17.9 Å². The van der Waals surface area contributed by atoms with Crippen molar-refractivity contribution in [3.05, 3.63) is 27.8 Å². The minimum absolute atomic E-state index is 0.118. The van der Waals surface area contributed by atoms with Crippen molar-refractivity contribution < 1.29 is 9.47 Å². The summed E-state index contributed by atoms with van der Waals surface area (Å²) in [7, 11) is 3.70. The number of aromatic nitrogens is 3. The van der Waals surface area contributed by atoms with Gasteiger partial charge in [0.15, 0.2) is 0 Å². The van der Waals surface area contributed by atoms with Gasteiger partial charge in [-0.2, -0.15) is 0 Å². The molecule has 26 heavy (non-hydrogen) atoms. The van der Waals surface area contributed by atoms with E-state index in [9.17, 15) is 4.79 Å². The van der Waals surface area contributed by atoms with Crippen molar-refractivity contribution in [2.75, 3.05) is 32.2 Å². The van der Waals surface area contributed by atoms with Crippen LogP contribution >= 0.6 is 11.3 Å². The molecule has 4 rings (SSSR count). The Bertz CT molecular complexity index is 1040. The van der Waals surface area contributed by atoms with Crippen molar-refractivity contribution >= 4 is 37.6 Å². The van der Waals surface area contributed by atoms with Crippen molar-refractivity contribution in [3.63, 3.8) is 0 Å². The quantitative estimate of drug-likeness (QED) is 0.756. The Morgan fingerprint density at radius 3 is 3.00 bits per heavy atom. The Hall–Kier alpha value is -2.03. The average molecular weight is 374 g/mol. The van der Waals surface area contributed by atoms with Crippen LogP contribution in [0, 0.1) is 0 Å². The third-order valence-corrected chi connectivity index (χ3v) is 5.88. The first kappa shape index (κ1) is 17.4. The van der Waals surface area contributed by atoms with E-state index >= 15 is 0 Å².